The molecule has 176 valence electrons. The van der Waals surface area contributed by atoms with Gasteiger partial charge in [0, 0.05) is 11.9 Å². The predicted octanol–water partition coefficient (Wildman–Crippen LogP) is 8.28. The molecule has 0 saturated carbocycles. The molecule has 34 heavy (non-hydrogen) atoms. The van der Waals surface area contributed by atoms with Crippen molar-refractivity contribution in [2.75, 3.05) is 5.32 Å². The molecule has 0 spiro atoms. The Morgan fingerprint density at radius 2 is 1.68 bits per heavy atom. The molecule has 0 atom stereocenters. The minimum absolute atomic E-state index is 0.0165. The second kappa shape index (κ2) is 10.7. The van der Waals surface area contributed by atoms with Crippen LogP contribution in [-0.4, -0.2) is 15.7 Å². The van der Waals surface area contributed by atoms with Crippen LogP contribution in [0.4, 0.5) is 5.69 Å². The Labute approximate surface area is 224 Å². The van der Waals surface area contributed by atoms with E-state index in [9.17, 15) is 4.79 Å². The number of aromatic nitrogens is 2. The van der Waals surface area contributed by atoms with E-state index in [0.717, 1.165) is 5.56 Å². The number of benzene rings is 2. The third-order valence-electron chi connectivity index (χ3n) is 4.54. The molecule has 2 aromatic heterocycles. The van der Waals surface area contributed by atoms with Crippen LogP contribution in [0.3, 0.4) is 0 Å². The summed E-state index contributed by atoms with van der Waals surface area (Å²) in [4.78, 5) is 12.6. The van der Waals surface area contributed by atoms with Crippen LogP contribution in [0.15, 0.2) is 53.2 Å². The van der Waals surface area contributed by atoms with E-state index in [0.29, 0.717) is 23.0 Å². The molecular weight excluding hydrogens is 567 g/mol. The van der Waals surface area contributed by atoms with Crippen LogP contribution in [-0.2, 0) is 13.2 Å². The molecule has 2 aromatic carbocycles. The van der Waals surface area contributed by atoms with Gasteiger partial charge in [0.25, 0.3) is 5.91 Å². The quantitative estimate of drug-likeness (QED) is 0.177. The number of amides is 1. The maximum absolute atomic E-state index is 12.6. The number of anilines is 1. The van der Waals surface area contributed by atoms with E-state index in [2.05, 4.69) is 10.4 Å². The van der Waals surface area contributed by atoms with Crippen molar-refractivity contribution in [1.29, 1.82) is 0 Å². The summed E-state index contributed by atoms with van der Waals surface area (Å²) < 4.78 is 12.9. The fourth-order valence-corrected chi connectivity index (χ4v) is 4.37. The van der Waals surface area contributed by atoms with E-state index in [1.807, 2.05) is 18.2 Å². The van der Waals surface area contributed by atoms with Crippen LogP contribution in [0.25, 0.3) is 0 Å². The molecule has 0 unspecified atom stereocenters. The van der Waals surface area contributed by atoms with Crippen LogP contribution >= 0.6 is 69.6 Å². The lowest BCUT2D eigenvalue weighted by Gasteiger charge is -2.12. The van der Waals surface area contributed by atoms with E-state index in [1.54, 1.807) is 29.2 Å². The molecule has 0 aliphatic rings. The highest BCUT2D eigenvalue weighted by atomic mass is 35.5. The molecule has 0 aliphatic carbocycles. The minimum atomic E-state index is -0.431. The average molecular weight is 580 g/mol. The zero-order valence-corrected chi connectivity index (χ0v) is 21.5. The van der Waals surface area contributed by atoms with Gasteiger partial charge in [-0.2, -0.15) is 5.10 Å². The summed E-state index contributed by atoms with van der Waals surface area (Å²) in [6.45, 7) is 0.422. The van der Waals surface area contributed by atoms with Gasteiger partial charge in [0.1, 0.15) is 22.4 Å². The Morgan fingerprint density at radius 3 is 2.35 bits per heavy atom. The van der Waals surface area contributed by atoms with Gasteiger partial charge in [-0.1, -0.05) is 81.7 Å². The van der Waals surface area contributed by atoms with E-state index in [1.165, 1.54) is 6.07 Å². The fourth-order valence-electron chi connectivity index (χ4n) is 2.98. The number of rotatable bonds is 7. The molecule has 2 heterocycles. The Hall–Kier alpha value is -2.06. The van der Waals surface area contributed by atoms with E-state index in [-0.39, 0.29) is 43.2 Å². The molecule has 0 bridgehead atoms. The first-order valence-corrected chi connectivity index (χ1v) is 11.8. The van der Waals surface area contributed by atoms with Crippen molar-refractivity contribution in [1.82, 2.24) is 9.78 Å². The first-order valence-electron chi connectivity index (χ1n) is 9.54. The van der Waals surface area contributed by atoms with E-state index in [4.69, 9.17) is 78.8 Å². The standard InChI is InChI=1S/C22H13Cl6N3O3/c23-12-7-29-31(9-12)8-11-2-1-3-13(6-11)30-22(32)15-5-4-14(34-15)10-33-21-19(27)17(25)16(24)18(26)20(21)28/h1-7,9H,8,10H2,(H,30,32). The van der Waals surface area contributed by atoms with Crippen LogP contribution in [0.2, 0.25) is 30.1 Å². The van der Waals surface area contributed by atoms with Crippen LogP contribution in [0, 0.1) is 0 Å². The third-order valence-corrected chi connectivity index (χ3v) is 6.98. The predicted molar refractivity (Wildman–Crippen MR) is 135 cm³/mol. The average Bonchev–Trinajstić information content (AvgIpc) is 3.45. The van der Waals surface area contributed by atoms with Crippen molar-refractivity contribution in [2.24, 2.45) is 0 Å². The topological polar surface area (TPSA) is 69.3 Å². The second-order valence-corrected chi connectivity index (χ2v) is 9.29. The zero-order chi connectivity index (χ0) is 24.4. The maximum Gasteiger partial charge on any atom is 0.291 e. The van der Waals surface area contributed by atoms with Gasteiger partial charge in [0.15, 0.2) is 11.5 Å². The van der Waals surface area contributed by atoms with Gasteiger partial charge in [0.2, 0.25) is 0 Å². The van der Waals surface area contributed by atoms with Gasteiger partial charge in [-0.3, -0.25) is 9.48 Å². The molecule has 1 N–H and O–H groups in total. The van der Waals surface area contributed by atoms with Crippen molar-refractivity contribution >= 4 is 81.2 Å². The van der Waals surface area contributed by atoms with Gasteiger partial charge in [-0.15, -0.1) is 0 Å². The van der Waals surface area contributed by atoms with Crippen molar-refractivity contribution in [2.45, 2.75) is 13.2 Å². The largest absolute Gasteiger partial charge is 0.482 e. The number of nitrogens with one attached hydrogen (secondary N) is 1. The number of carbonyl (C=O) groups excluding carboxylic acids is 1. The summed E-state index contributed by atoms with van der Waals surface area (Å²) in [5.41, 5.74) is 1.53. The number of hydrogen-bond donors (Lipinski definition) is 1. The van der Waals surface area contributed by atoms with Gasteiger partial charge in [0.05, 0.1) is 32.8 Å². The zero-order valence-electron chi connectivity index (χ0n) is 16.9. The molecule has 0 radical (unpaired) electrons. The molecular formula is C22H13Cl6N3O3. The Balaban J connectivity index is 1.41. The van der Waals surface area contributed by atoms with Crippen molar-refractivity contribution in [3.63, 3.8) is 0 Å². The minimum Gasteiger partial charge on any atom is -0.482 e. The number of nitrogens with zero attached hydrogens (tertiary/aromatic N) is 2. The van der Waals surface area contributed by atoms with Crippen LogP contribution in [0.5, 0.6) is 5.75 Å². The number of ether oxygens (including phenoxy) is 1. The van der Waals surface area contributed by atoms with E-state index < -0.39 is 5.91 Å². The summed E-state index contributed by atoms with van der Waals surface area (Å²) >= 11 is 36.3. The third kappa shape index (κ3) is 5.60. The molecule has 0 fully saturated rings. The monoisotopic (exact) mass is 577 g/mol. The van der Waals surface area contributed by atoms with Crippen LogP contribution in [0.1, 0.15) is 21.9 Å². The fraction of sp³-hybridized carbons (Fsp3) is 0.0909. The lowest BCUT2D eigenvalue weighted by Crippen LogP contribution is -2.11. The molecule has 6 nitrogen and oxygen atoms in total. The Morgan fingerprint density at radius 1 is 0.971 bits per heavy atom. The smallest absolute Gasteiger partial charge is 0.291 e. The highest BCUT2D eigenvalue weighted by Crippen LogP contribution is 2.48. The lowest BCUT2D eigenvalue weighted by molar-refractivity contribution is 0.0992. The maximum atomic E-state index is 12.6. The van der Waals surface area contributed by atoms with Crippen molar-refractivity contribution < 1.29 is 13.9 Å². The highest BCUT2D eigenvalue weighted by Gasteiger charge is 2.21. The lowest BCUT2D eigenvalue weighted by atomic mass is 10.2. The van der Waals surface area contributed by atoms with Gasteiger partial charge < -0.3 is 14.5 Å². The van der Waals surface area contributed by atoms with Gasteiger partial charge in [-0.25, -0.2) is 0 Å². The summed E-state index contributed by atoms with van der Waals surface area (Å²) in [7, 11) is 0. The Bertz CT molecular complexity index is 1340. The first-order chi connectivity index (χ1) is 16.2. The molecule has 0 aliphatic heterocycles. The molecule has 12 heteroatoms. The summed E-state index contributed by atoms with van der Waals surface area (Å²) in [5, 5.41) is 7.59. The molecule has 4 aromatic rings. The summed E-state index contributed by atoms with van der Waals surface area (Å²) in [6, 6.07) is 10.5. The van der Waals surface area contributed by atoms with Crippen molar-refractivity contribution in [3.05, 3.63) is 96.0 Å². The first kappa shape index (κ1) is 25.0. The molecule has 4 rings (SSSR count). The second-order valence-electron chi connectivity index (χ2n) is 6.96. The molecule has 0 saturated heterocycles. The highest BCUT2D eigenvalue weighted by molar-refractivity contribution is 6.55. The molecule has 1 amide bonds. The van der Waals surface area contributed by atoms with Crippen molar-refractivity contribution in [3.8, 4) is 5.75 Å². The van der Waals surface area contributed by atoms with Gasteiger partial charge >= 0.3 is 0 Å². The van der Waals surface area contributed by atoms with Gasteiger partial charge in [-0.05, 0) is 29.8 Å². The normalized spacial score (nSPS) is 11.0. The van der Waals surface area contributed by atoms with Crippen LogP contribution < -0.4 is 10.1 Å². The number of carbonyl (C=O) groups is 1. The summed E-state index contributed by atoms with van der Waals surface area (Å²) in [5.74, 6) is 0.0654. The van der Waals surface area contributed by atoms with E-state index >= 15 is 0 Å². The number of hydrogen-bond acceptors (Lipinski definition) is 4. The summed E-state index contributed by atoms with van der Waals surface area (Å²) in [6.07, 6.45) is 3.27. The Kier molecular flexibility index (Phi) is 7.87. The SMILES string of the molecule is O=C(Nc1cccc(Cn2cc(Cl)cn2)c1)c1ccc(COc2c(Cl)c(Cl)c(Cl)c(Cl)c2Cl)o1. The number of halogens is 6. The number of furan rings is 1.